The molecule has 0 radical (unpaired) electrons. The molecule has 1 aromatic heterocycles. The van der Waals surface area contributed by atoms with Crippen molar-refractivity contribution in [2.75, 3.05) is 26.3 Å². The van der Waals surface area contributed by atoms with Crippen LogP contribution < -0.4 is 5.32 Å². The number of alkyl halides is 3. The van der Waals surface area contributed by atoms with Crippen molar-refractivity contribution in [3.8, 4) is 0 Å². The van der Waals surface area contributed by atoms with E-state index in [0.717, 1.165) is 12.2 Å². The van der Waals surface area contributed by atoms with Crippen LogP contribution in [0.2, 0.25) is 0 Å². The number of ether oxygens (including phenoxy) is 1. The van der Waals surface area contributed by atoms with E-state index in [9.17, 15) is 18.0 Å². The van der Waals surface area contributed by atoms with Gasteiger partial charge in [-0.05, 0) is 32.3 Å². The van der Waals surface area contributed by atoms with Gasteiger partial charge in [0.1, 0.15) is 0 Å². The smallest absolute Gasteiger partial charge is 0.381 e. The van der Waals surface area contributed by atoms with Crippen LogP contribution in [-0.4, -0.2) is 53.2 Å². The maximum atomic E-state index is 13.5. The molecule has 1 aromatic rings. The number of hydrogen-bond acceptors (Lipinski definition) is 3. The van der Waals surface area contributed by atoms with Crippen LogP contribution in [0.15, 0.2) is 12.3 Å². The largest absolute Gasteiger partial charge is 0.392 e. The van der Waals surface area contributed by atoms with Crippen LogP contribution in [0.4, 0.5) is 18.0 Å². The molecule has 1 N–H and O–H groups in total. The number of piperidine rings is 1. The Morgan fingerprint density at radius 3 is 2.77 bits per heavy atom. The second-order valence-corrected chi connectivity index (χ2v) is 7.10. The zero-order valence-corrected chi connectivity index (χ0v) is 14.9. The molecular weight excluding hydrogens is 349 g/mol. The summed E-state index contributed by atoms with van der Waals surface area (Å²) in [4.78, 5) is 14.0. The zero-order valence-electron chi connectivity index (χ0n) is 14.9. The molecule has 146 valence electrons. The first-order valence-electron chi connectivity index (χ1n) is 9.03. The molecule has 0 saturated carbocycles. The fraction of sp³-hybridized carbons (Fsp3) is 0.765. The van der Waals surface area contributed by atoms with Crippen LogP contribution in [0.1, 0.15) is 31.9 Å². The molecule has 1 unspecified atom stereocenters. The summed E-state index contributed by atoms with van der Waals surface area (Å²) in [6.45, 7) is 3.84. The third-order valence-electron chi connectivity index (χ3n) is 5.54. The second-order valence-electron chi connectivity index (χ2n) is 7.10. The minimum absolute atomic E-state index is 0.0542. The highest BCUT2D eigenvalue weighted by Crippen LogP contribution is 2.50. The lowest BCUT2D eigenvalue weighted by Crippen LogP contribution is -2.58. The van der Waals surface area contributed by atoms with Gasteiger partial charge in [-0.1, -0.05) is 0 Å². The first kappa shape index (κ1) is 19.0. The lowest BCUT2D eigenvalue weighted by atomic mass is 9.66. The number of carbonyl (C=O) groups is 1. The van der Waals surface area contributed by atoms with Gasteiger partial charge in [-0.25, -0.2) is 4.79 Å². The SMILES string of the molecule is CCn1ccc(CNC(=O)N2CCC(C(F)(F)F)C3(CCOCC3)C2)n1. The first-order chi connectivity index (χ1) is 12.3. The molecule has 2 amide bonds. The highest BCUT2D eigenvalue weighted by molar-refractivity contribution is 5.74. The van der Waals surface area contributed by atoms with Crippen LogP contribution in [0.3, 0.4) is 0 Å². The molecule has 26 heavy (non-hydrogen) atoms. The molecule has 3 heterocycles. The number of urea groups is 1. The highest BCUT2D eigenvalue weighted by atomic mass is 19.4. The Morgan fingerprint density at radius 1 is 1.42 bits per heavy atom. The molecule has 1 spiro atoms. The molecule has 0 aromatic carbocycles. The summed E-state index contributed by atoms with van der Waals surface area (Å²) in [5.74, 6) is -1.37. The Morgan fingerprint density at radius 2 is 2.15 bits per heavy atom. The Bertz CT molecular complexity index is 626. The predicted molar refractivity (Wildman–Crippen MR) is 88.4 cm³/mol. The monoisotopic (exact) mass is 374 g/mol. The minimum atomic E-state index is -4.24. The van der Waals surface area contributed by atoms with Crippen molar-refractivity contribution in [1.29, 1.82) is 0 Å². The predicted octanol–water partition coefficient (Wildman–Crippen LogP) is 2.79. The number of aryl methyl sites for hydroxylation is 1. The van der Waals surface area contributed by atoms with Crippen LogP contribution in [-0.2, 0) is 17.8 Å². The van der Waals surface area contributed by atoms with Gasteiger partial charge < -0.3 is 15.0 Å². The third-order valence-corrected chi connectivity index (χ3v) is 5.54. The number of rotatable bonds is 3. The summed E-state index contributed by atoms with van der Waals surface area (Å²) in [6, 6.07) is 1.49. The number of likely N-dealkylation sites (tertiary alicyclic amines) is 1. The lowest BCUT2D eigenvalue weighted by molar-refractivity contribution is -0.232. The maximum absolute atomic E-state index is 13.5. The van der Waals surface area contributed by atoms with E-state index in [1.165, 1.54) is 4.90 Å². The van der Waals surface area contributed by atoms with Gasteiger partial charge in [0.15, 0.2) is 0 Å². The molecule has 2 aliphatic rings. The van der Waals surface area contributed by atoms with Crippen molar-refractivity contribution in [3.63, 3.8) is 0 Å². The van der Waals surface area contributed by atoms with E-state index in [1.54, 1.807) is 4.68 Å². The number of amides is 2. The van der Waals surface area contributed by atoms with Crippen LogP contribution >= 0.6 is 0 Å². The summed E-state index contributed by atoms with van der Waals surface area (Å²) < 4.78 is 47.6. The molecule has 6 nitrogen and oxygen atoms in total. The fourth-order valence-electron chi connectivity index (χ4n) is 4.08. The summed E-state index contributed by atoms with van der Waals surface area (Å²) in [5, 5.41) is 7.07. The van der Waals surface area contributed by atoms with E-state index in [-0.39, 0.29) is 32.1 Å². The minimum Gasteiger partial charge on any atom is -0.381 e. The number of aromatic nitrogens is 2. The number of hydrogen-bond donors (Lipinski definition) is 1. The van der Waals surface area contributed by atoms with Crippen LogP contribution in [0, 0.1) is 11.3 Å². The number of nitrogens with one attached hydrogen (secondary N) is 1. The van der Waals surface area contributed by atoms with E-state index >= 15 is 0 Å². The average Bonchev–Trinajstić information content (AvgIpc) is 3.07. The Labute approximate surface area is 150 Å². The van der Waals surface area contributed by atoms with Gasteiger partial charge in [0.05, 0.1) is 18.2 Å². The van der Waals surface area contributed by atoms with Crippen molar-refractivity contribution in [3.05, 3.63) is 18.0 Å². The third kappa shape index (κ3) is 3.97. The molecule has 2 fully saturated rings. The van der Waals surface area contributed by atoms with Gasteiger partial charge in [-0.15, -0.1) is 0 Å². The van der Waals surface area contributed by atoms with Crippen molar-refractivity contribution in [2.45, 2.75) is 45.5 Å². The van der Waals surface area contributed by atoms with Crippen molar-refractivity contribution in [2.24, 2.45) is 11.3 Å². The quantitative estimate of drug-likeness (QED) is 0.885. The molecule has 1 atom stereocenters. The number of carbonyl (C=O) groups excluding carboxylic acids is 1. The van der Waals surface area contributed by atoms with Gasteiger partial charge in [0, 0.05) is 44.5 Å². The lowest BCUT2D eigenvalue weighted by Gasteiger charge is -2.50. The normalized spacial score (nSPS) is 23.2. The Hall–Kier alpha value is -1.77. The molecule has 3 rings (SSSR count). The Kier molecular flexibility index (Phi) is 5.45. The van der Waals surface area contributed by atoms with Crippen molar-refractivity contribution in [1.82, 2.24) is 20.0 Å². The molecular formula is C17H25F3N4O2. The number of nitrogens with zero attached hydrogens (tertiary/aromatic N) is 3. The van der Waals surface area contributed by atoms with Gasteiger partial charge >= 0.3 is 12.2 Å². The van der Waals surface area contributed by atoms with Gasteiger partial charge in [-0.2, -0.15) is 18.3 Å². The molecule has 9 heteroatoms. The van der Waals surface area contributed by atoms with Crippen LogP contribution in [0.25, 0.3) is 0 Å². The van der Waals surface area contributed by atoms with E-state index in [4.69, 9.17) is 4.74 Å². The number of halogens is 3. The molecule has 0 aliphatic carbocycles. The van der Waals surface area contributed by atoms with Crippen molar-refractivity contribution >= 4 is 6.03 Å². The van der Waals surface area contributed by atoms with Gasteiger partial charge in [-0.3, -0.25) is 4.68 Å². The topological polar surface area (TPSA) is 59.4 Å². The molecule has 0 bridgehead atoms. The highest BCUT2D eigenvalue weighted by Gasteiger charge is 2.56. The van der Waals surface area contributed by atoms with E-state index < -0.39 is 17.5 Å². The second kappa shape index (κ2) is 7.46. The Balaban J connectivity index is 1.64. The standard InChI is InChI=1S/C17H25F3N4O2/c1-2-24-8-3-13(22-24)11-21-15(25)23-7-4-14(17(18,19)20)16(12-23)5-9-26-10-6-16/h3,8,14H,2,4-7,9-12H2,1H3,(H,21,25). The molecule has 2 aliphatic heterocycles. The van der Waals surface area contributed by atoms with E-state index in [1.807, 2.05) is 19.2 Å². The van der Waals surface area contributed by atoms with Crippen molar-refractivity contribution < 1.29 is 22.7 Å². The molecule has 2 saturated heterocycles. The average molecular weight is 374 g/mol. The zero-order chi connectivity index (χ0) is 18.8. The van der Waals surface area contributed by atoms with Crippen LogP contribution in [0.5, 0.6) is 0 Å². The van der Waals surface area contributed by atoms with E-state index in [2.05, 4.69) is 10.4 Å². The summed E-state index contributed by atoms with van der Waals surface area (Å²) in [7, 11) is 0. The maximum Gasteiger partial charge on any atom is 0.392 e. The van der Waals surface area contributed by atoms with Gasteiger partial charge in [0.25, 0.3) is 0 Å². The fourth-order valence-corrected chi connectivity index (χ4v) is 4.08. The van der Waals surface area contributed by atoms with E-state index in [0.29, 0.717) is 26.1 Å². The first-order valence-corrected chi connectivity index (χ1v) is 9.03. The summed E-state index contributed by atoms with van der Waals surface area (Å²) >= 11 is 0. The van der Waals surface area contributed by atoms with Gasteiger partial charge in [0.2, 0.25) is 0 Å². The summed E-state index contributed by atoms with van der Waals surface area (Å²) in [6.07, 6.45) is -1.80. The summed E-state index contributed by atoms with van der Waals surface area (Å²) in [5.41, 5.74) is -0.207.